The molecule has 1 atom stereocenters. The number of ether oxygens (including phenoxy) is 1. The van der Waals surface area contributed by atoms with Crippen molar-refractivity contribution in [3.05, 3.63) is 64.2 Å². The molecule has 0 spiro atoms. The molecule has 1 heterocycles. The molecular weight excluding hydrogens is 358 g/mol. The van der Waals surface area contributed by atoms with E-state index in [4.69, 9.17) is 16.3 Å². The summed E-state index contributed by atoms with van der Waals surface area (Å²) in [6.07, 6.45) is 2.82. The topological polar surface area (TPSA) is 46.6 Å². The molecule has 4 nitrogen and oxygen atoms in total. The fourth-order valence-electron chi connectivity index (χ4n) is 3.61. The predicted octanol–water partition coefficient (Wildman–Crippen LogP) is 3.59. The number of fused-ring (bicyclic) bond motifs is 1. The maximum Gasteiger partial charge on any atom is 0.243 e. The van der Waals surface area contributed by atoms with Crippen molar-refractivity contribution in [2.75, 3.05) is 19.7 Å². The van der Waals surface area contributed by atoms with Crippen LogP contribution in [0.3, 0.4) is 0 Å². The summed E-state index contributed by atoms with van der Waals surface area (Å²) >= 11 is 6.05. The van der Waals surface area contributed by atoms with Crippen LogP contribution in [0.4, 0.5) is 0 Å². The average Bonchev–Trinajstić information content (AvgIpc) is 3.09. The minimum absolute atomic E-state index is 0.295. The Morgan fingerprint density at radius 3 is 2.76 bits per heavy atom. The van der Waals surface area contributed by atoms with Gasteiger partial charge in [-0.2, -0.15) is 4.31 Å². The van der Waals surface area contributed by atoms with Crippen LogP contribution in [-0.2, 0) is 27.6 Å². The van der Waals surface area contributed by atoms with Gasteiger partial charge in [0.25, 0.3) is 0 Å². The van der Waals surface area contributed by atoms with E-state index in [0.29, 0.717) is 29.6 Å². The van der Waals surface area contributed by atoms with E-state index in [2.05, 4.69) is 0 Å². The minimum atomic E-state index is -3.51. The molecular formula is C19H20ClNO3S. The second-order valence-corrected chi connectivity index (χ2v) is 8.94. The summed E-state index contributed by atoms with van der Waals surface area (Å²) in [4.78, 5) is 0.389. The van der Waals surface area contributed by atoms with E-state index in [0.717, 1.165) is 24.8 Å². The number of rotatable bonds is 3. The van der Waals surface area contributed by atoms with Gasteiger partial charge in [-0.25, -0.2) is 8.42 Å². The maximum absolute atomic E-state index is 13.1. The largest absolute Gasteiger partial charge is 0.371 e. The Morgan fingerprint density at radius 1 is 1.08 bits per heavy atom. The van der Waals surface area contributed by atoms with Crippen LogP contribution < -0.4 is 0 Å². The number of benzene rings is 2. The average molecular weight is 378 g/mol. The molecule has 132 valence electrons. The fraction of sp³-hybridized carbons (Fsp3) is 0.368. The van der Waals surface area contributed by atoms with Gasteiger partial charge in [0.2, 0.25) is 10.0 Å². The van der Waals surface area contributed by atoms with E-state index in [1.165, 1.54) is 15.4 Å². The summed E-state index contributed by atoms with van der Waals surface area (Å²) in [6.45, 7) is 1.05. The van der Waals surface area contributed by atoms with Gasteiger partial charge >= 0.3 is 0 Å². The van der Waals surface area contributed by atoms with E-state index in [1.54, 1.807) is 12.1 Å². The molecule has 1 fully saturated rings. The van der Waals surface area contributed by atoms with Crippen molar-refractivity contribution in [2.45, 2.75) is 30.3 Å². The lowest BCUT2D eigenvalue weighted by atomic mass is 10.1. The monoisotopic (exact) mass is 377 g/mol. The number of sulfonamides is 1. The third-order valence-electron chi connectivity index (χ3n) is 4.96. The maximum atomic E-state index is 13.1. The van der Waals surface area contributed by atoms with Crippen LogP contribution >= 0.6 is 11.6 Å². The third-order valence-corrected chi connectivity index (χ3v) is 7.05. The molecule has 2 aromatic rings. The summed E-state index contributed by atoms with van der Waals surface area (Å²) in [7, 11) is -3.51. The standard InChI is InChI=1S/C19H20ClNO3S/c20-17-6-2-5-16(11-17)19-13-21(9-10-24-19)25(22,23)18-8-7-14-3-1-4-15(14)12-18/h2,5-8,11-12,19H,1,3-4,9-10,13H2. The first-order valence-electron chi connectivity index (χ1n) is 8.53. The van der Waals surface area contributed by atoms with Crippen molar-refractivity contribution in [2.24, 2.45) is 0 Å². The number of halogens is 1. The first-order chi connectivity index (χ1) is 12.0. The zero-order chi connectivity index (χ0) is 17.4. The molecule has 1 saturated heterocycles. The summed E-state index contributed by atoms with van der Waals surface area (Å²) in [5.74, 6) is 0. The summed E-state index contributed by atoms with van der Waals surface area (Å²) in [5, 5.41) is 0.625. The lowest BCUT2D eigenvalue weighted by Crippen LogP contribution is -2.42. The van der Waals surface area contributed by atoms with Crippen LogP contribution in [0.5, 0.6) is 0 Å². The molecule has 1 unspecified atom stereocenters. The van der Waals surface area contributed by atoms with Crippen molar-refractivity contribution in [1.82, 2.24) is 4.31 Å². The van der Waals surface area contributed by atoms with Crippen molar-refractivity contribution < 1.29 is 13.2 Å². The van der Waals surface area contributed by atoms with Crippen LogP contribution in [0.1, 0.15) is 29.2 Å². The third kappa shape index (κ3) is 3.34. The van der Waals surface area contributed by atoms with E-state index < -0.39 is 10.0 Å². The molecule has 1 aliphatic carbocycles. The molecule has 4 rings (SSSR count). The predicted molar refractivity (Wildman–Crippen MR) is 97.4 cm³/mol. The Morgan fingerprint density at radius 2 is 1.92 bits per heavy atom. The van der Waals surface area contributed by atoms with Crippen molar-refractivity contribution >= 4 is 21.6 Å². The second-order valence-electron chi connectivity index (χ2n) is 6.56. The highest BCUT2D eigenvalue weighted by atomic mass is 35.5. The van der Waals surface area contributed by atoms with Gasteiger partial charge in [-0.3, -0.25) is 0 Å². The SMILES string of the molecule is O=S(=O)(c1ccc2c(c1)CCC2)N1CCOC(c2cccc(Cl)c2)C1. The lowest BCUT2D eigenvalue weighted by Gasteiger charge is -2.32. The molecule has 1 aliphatic heterocycles. The van der Waals surface area contributed by atoms with Crippen molar-refractivity contribution in [3.8, 4) is 0 Å². The van der Waals surface area contributed by atoms with Crippen molar-refractivity contribution in [1.29, 1.82) is 0 Å². The van der Waals surface area contributed by atoms with E-state index >= 15 is 0 Å². The molecule has 0 radical (unpaired) electrons. The number of morpholine rings is 1. The molecule has 0 N–H and O–H groups in total. The summed E-state index contributed by atoms with van der Waals surface area (Å²) in [5.41, 5.74) is 3.35. The lowest BCUT2D eigenvalue weighted by molar-refractivity contribution is -0.00255. The Kier molecular flexibility index (Phi) is 4.58. The van der Waals surface area contributed by atoms with Crippen LogP contribution in [0.15, 0.2) is 47.4 Å². The zero-order valence-corrected chi connectivity index (χ0v) is 15.4. The molecule has 0 bridgehead atoms. The van der Waals surface area contributed by atoms with Gasteiger partial charge in [0.15, 0.2) is 0 Å². The van der Waals surface area contributed by atoms with Gasteiger partial charge in [-0.05, 0) is 60.2 Å². The Labute approximate surface area is 153 Å². The number of hydrogen-bond donors (Lipinski definition) is 0. The molecule has 2 aromatic carbocycles. The first-order valence-corrected chi connectivity index (χ1v) is 10.3. The quantitative estimate of drug-likeness (QED) is 0.821. The zero-order valence-electron chi connectivity index (χ0n) is 13.8. The molecule has 0 saturated carbocycles. The molecule has 6 heteroatoms. The van der Waals surface area contributed by atoms with Crippen LogP contribution in [-0.4, -0.2) is 32.4 Å². The van der Waals surface area contributed by atoms with Gasteiger partial charge in [-0.15, -0.1) is 0 Å². The molecule has 25 heavy (non-hydrogen) atoms. The Balaban J connectivity index is 1.60. The van der Waals surface area contributed by atoms with Gasteiger partial charge in [0, 0.05) is 18.1 Å². The van der Waals surface area contributed by atoms with Crippen LogP contribution in [0, 0.1) is 0 Å². The minimum Gasteiger partial charge on any atom is -0.371 e. The van der Waals surface area contributed by atoms with Gasteiger partial charge in [-0.1, -0.05) is 29.8 Å². The Hall–Kier alpha value is -1.40. The highest BCUT2D eigenvalue weighted by molar-refractivity contribution is 7.89. The highest BCUT2D eigenvalue weighted by Crippen LogP contribution is 2.30. The fourth-order valence-corrected chi connectivity index (χ4v) is 5.28. The molecule has 0 amide bonds. The van der Waals surface area contributed by atoms with Crippen LogP contribution in [0.2, 0.25) is 5.02 Å². The molecule has 2 aliphatic rings. The van der Waals surface area contributed by atoms with E-state index in [-0.39, 0.29) is 6.10 Å². The smallest absolute Gasteiger partial charge is 0.243 e. The summed E-state index contributed by atoms with van der Waals surface area (Å²) < 4.78 is 33.5. The second kappa shape index (κ2) is 6.72. The van der Waals surface area contributed by atoms with Crippen LogP contribution in [0.25, 0.3) is 0 Å². The number of nitrogens with zero attached hydrogens (tertiary/aromatic N) is 1. The summed E-state index contributed by atoms with van der Waals surface area (Å²) in [6, 6.07) is 13.0. The normalized spacial score (nSPS) is 21.2. The van der Waals surface area contributed by atoms with Crippen molar-refractivity contribution in [3.63, 3.8) is 0 Å². The van der Waals surface area contributed by atoms with Gasteiger partial charge in [0.05, 0.1) is 17.6 Å². The number of aryl methyl sites for hydroxylation is 2. The van der Waals surface area contributed by atoms with E-state index in [9.17, 15) is 8.42 Å². The highest BCUT2D eigenvalue weighted by Gasteiger charge is 2.32. The van der Waals surface area contributed by atoms with Gasteiger partial charge < -0.3 is 4.74 Å². The number of hydrogen-bond acceptors (Lipinski definition) is 3. The molecule has 0 aromatic heterocycles. The Bertz CT molecular complexity index is 897. The first kappa shape index (κ1) is 17.0. The van der Waals surface area contributed by atoms with Gasteiger partial charge in [0.1, 0.15) is 0 Å². The van der Waals surface area contributed by atoms with E-state index in [1.807, 2.05) is 30.3 Å².